The highest BCUT2D eigenvalue weighted by molar-refractivity contribution is 5.53. The summed E-state index contributed by atoms with van der Waals surface area (Å²) < 4.78 is 11.9. The number of H-pyrrole nitrogens is 1. The zero-order valence-electron chi connectivity index (χ0n) is 10.5. The first kappa shape index (κ1) is 12.0. The Hall–Kier alpha value is -3.03. The second-order valence-electron chi connectivity index (χ2n) is 3.98. The number of fused-ring (bicyclic) bond motifs is 1. The van der Waals surface area contributed by atoms with Crippen LogP contribution in [0.15, 0.2) is 35.1 Å². The van der Waals surface area contributed by atoms with Gasteiger partial charge in [-0.15, -0.1) is 5.10 Å². The average molecular weight is 273 g/mol. The zero-order valence-corrected chi connectivity index (χ0v) is 10.5. The summed E-state index contributed by atoms with van der Waals surface area (Å²) in [5.74, 6) is 1.15. The maximum Gasteiger partial charge on any atom is 0.364 e. The van der Waals surface area contributed by atoms with Gasteiger partial charge in [0, 0.05) is 17.8 Å². The van der Waals surface area contributed by atoms with Crippen LogP contribution in [0, 0.1) is 0 Å². The summed E-state index contributed by atoms with van der Waals surface area (Å²) in [6.07, 6.45) is 0. The van der Waals surface area contributed by atoms with Crippen LogP contribution in [-0.4, -0.2) is 26.9 Å². The summed E-state index contributed by atoms with van der Waals surface area (Å²) in [4.78, 5) is 11.4. The lowest BCUT2D eigenvalue weighted by Gasteiger charge is -2.09. The van der Waals surface area contributed by atoms with E-state index in [9.17, 15) is 4.79 Å². The normalized spacial score (nSPS) is 10.7. The number of benzene rings is 1. The van der Waals surface area contributed by atoms with Gasteiger partial charge in [0.15, 0.2) is 17.1 Å². The number of methoxy groups -OCH3 is 1. The van der Waals surface area contributed by atoms with Crippen LogP contribution < -0.4 is 20.9 Å². The maximum atomic E-state index is 11.4. The minimum absolute atomic E-state index is 0.227. The van der Waals surface area contributed by atoms with E-state index in [1.807, 2.05) is 0 Å². The number of nitrogens with two attached hydrogens (primary N) is 1. The van der Waals surface area contributed by atoms with Crippen molar-refractivity contribution in [2.45, 2.75) is 0 Å². The highest BCUT2D eigenvalue weighted by Gasteiger charge is 2.09. The molecule has 0 bridgehead atoms. The van der Waals surface area contributed by atoms with Crippen LogP contribution in [0.2, 0.25) is 0 Å². The van der Waals surface area contributed by atoms with Crippen LogP contribution in [0.5, 0.6) is 17.4 Å². The second kappa shape index (κ2) is 4.57. The Morgan fingerprint density at radius 3 is 2.90 bits per heavy atom. The molecule has 102 valence electrons. The molecule has 0 atom stereocenters. The van der Waals surface area contributed by atoms with E-state index in [1.54, 1.807) is 30.3 Å². The molecule has 3 N–H and O–H groups in total. The molecule has 2 heterocycles. The first-order valence-electron chi connectivity index (χ1n) is 5.73. The topological polar surface area (TPSA) is 108 Å². The molecule has 0 saturated heterocycles. The van der Waals surface area contributed by atoms with E-state index < -0.39 is 5.69 Å². The van der Waals surface area contributed by atoms with E-state index in [0.29, 0.717) is 22.8 Å². The van der Waals surface area contributed by atoms with Crippen molar-refractivity contribution in [2.24, 2.45) is 0 Å². The molecule has 3 aromatic rings. The van der Waals surface area contributed by atoms with Crippen molar-refractivity contribution in [2.75, 3.05) is 12.8 Å². The third-order valence-electron chi connectivity index (χ3n) is 2.65. The van der Waals surface area contributed by atoms with Gasteiger partial charge in [-0.2, -0.15) is 9.61 Å². The SMILES string of the molecule is COc1ccc(N)cc1Oc1ccc2n[nH]c(=O)n2n1. The summed E-state index contributed by atoms with van der Waals surface area (Å²) in [5.41, 5.74) is 6.20. The van der Waals surface area contributed by atoms with Gasteiger partial charge in [0.1, 0.15) is 0 Å². The Morgan fingerprint density at radius 2 is 2.10 bits per heavy atom. The number of aromatic amines is 1. The summed E-state index contributed by atoms with van der Waals surface area (Å²) in [6.45, 7) is 0. The molecule has 20 heavy (non-hydrogen) atoms. The van der Waals surface area contributed by atoms with E-state index in [0.717, 1.165) is 4.52 Å². The smallest absolute Gasteiger partial charge is 0.364 e. The first-order valence-corrected chi connectivity index (χ1v) is 5.73. The van der Waals surface area contributed by atoms with E-state index >= 15 is 0 Å². The van der Waals surface area contributed by atoms with Crippen molar-refractivity contribution < 1.29 is 9.47 Å². The van der Waals surface area contributed by atoms with Gasteiger partial charge in [0.25, 0.3) is 0 Å². The van der Waals surface area contributed by atoms with Gasteiger partial charge in [-0.3, -0.25) is 0 Å². The van der Waals surface area contributed by atoms with Gasteiger partial charge in [0.2, 0.25) is 5.88 Å². The minimum Gasteiger partial charge on any atom is -0.493 e. The lowest BCUT2D eigenvalue weighted by atomic mass is 10.3. The van der Waals surface area contributed by atoms with Crippen molar-refractivity contribution in [3.63, 3.8) is 0 Å². The molecule has 0 aliphatic heterocycles. The number of nitrogens with zero attached hydrogens (tertiary/aromatic N) is 3. The number of ether oxygens (including phenoxy) is 2. The predicted molar refractivity (Wildman–Crippen MR) is 71.1 cm³/mol. The number of nitrogens with one attached hydrogen (secondary N) is 1. The Balaban J connectivity index is 2.02. The van der Waals surface area contributed by atoms with Crippen LogP contribution >= 0.6 is 0 Å². The molecule has 0 aliphatic rings. The van der Waals surface area contributed by atoms with Gasteiger partial charge in [-0.1, -0.05) is 0 Å². The average Bonchev–Trinajstić information content (AvgIpc) is 2.81. The number of aromatic nitrogens is 4. The van der Waals surface area contributed by atoms with Crippen molar-refractivity contribution in [3.8, 4) is 17.4 Å². The van der Waals surface area contributed by atoms with Gasteiger partial charge in [-0.05, 0) is 18.2 Å². The first-order chi connectivity index (χ1) is 9.67. The maximum absolute atomic E-state index is 11.4. The lowest BCUT2D eigenvalue weighted by molar-refractivity contribution is 0.372. The molecule has 0 fully saturated rings. The molecule has 1 aromatic carbocycles. The molecular formula is C12H11N5O3. The summed E-state index contributed by atoms with van der Waals surface area (Å²) in [5, 5.41) is 10.1. The molecule has 0 radical (unpaired) electrons. The summed E-state index contributed by atoms with van der Waals surface area (Å²) in [6, 6.07) is 8.20. The van der Waals surface area contributed by atoms with Gasteiger partial charge in [-0.25, -0.2) is 9.89 Å². The molecule has 2 aromatic heterocycles. The quantitative estimate of drug-likeness (QED) is 0.683. The van der Waals surface area contributed by atoms with Crippen LogP contribution in [0.4, 0.5) is 5.69 Å². The third kappa shape index (κ3) is 2.03. The largest absolute Gasteiger partial charge is 0.493 e. The molecule has 0 aliphatic carbocycles. The number of anilines is 1. The van der Waals surface area contributed by atoms with Crippen molar-refractivity contribution in [3.05, 3.63) is 40.8 Å². The van der Waals surface area contributed by atoms with Crippen LogP contribution in [0.1, 0.15) is 0 Å². The Morgan fingerprint density at radius 1 is 1.25 bits per heavy atom. The van der Waals surface area contributed by atoms with Crippen LogP contribution in [0.3, 0.4) is 0 Å². The summed E-state index contributed by atoms with van der Waals surface area (Å²) in [7, 11) is 1.52. The lowest BCUT2D eigenvalue weighted by Crippen LogP contribution is -2.12. The van der Waals surface area contributed by atoms with Crippen molar-refractivity contribution >= 4 is 11.3 Å². The molecule has 8 heteroatoms. The fourth-order valence-electron chi connectivity index (χ4n) is 1.73. The molecule has 0 amide bonds. The Kier molecular flexibility index (Phi) is 2.75. The molecule has 8 nitrogen and oxygen atoms in total. The fourth-order valence-corrected chi connectivity index (χ4v) is 1.73. The van der Waals surface area contributed by atoms with Gasteiger partial charge >= 0.3 is 5.69 Å². The van der Waals surface area contributed by atoms with Crippen LogP contribution in [-0.2, 0) is 0 Å². The Bertz CT molecular complexity index is 823. The fraction of sp³-hybridized carbons (Fsp3) is 0.0833. The van der Waals surface area contributed by atoms with E-state index in [-0.39, 0.29) is 5.88 Å². The van der Waals surface area contributed by atoms with Crippen molar-refractivity contribution in [1.29, 1.82) is 0 Å². The molecule has 0 unspecified atom stereocenters. The highest BCUT2D eigenvalue weighted by Crippen LogP contribution is 2.32. The zero-order chi connectivity index (χ0) is 14.1. The van der Waals surface area contributed by atoms with Gasteiger partial charge in [0.05, 0.1) is 7.11 Å². The summed E-state index contributed by atoms with van der Waals surface area (Å²) >= 11 is 0. The number of rotatable bonds is 3. The minimum atomic E-state index is -0.440. The van der Waals surface area contributed by atoms with E-state index in [2.05, 4.69) is 15.3 Å². The molecular weight excluding hydrogens is 262 g/mol. The van der Waals surface area contributed by atoms with Gasteiger partial charge < -0.3 is 15.2 Å². The van der Waals surface area contributed by atoms with Crippen LogP contribution in [0.25, 0.3) is 5.65 Å². The number of hydrogen-bond donors (Lipinski definition) is 2. The highest BCUT2D eigenvalue weighted by atomic mass is 16.5. The Labute approximate surface area is 112 Å². The standard InChI is InChI=1S/C12H11N5O3/c1-19-8-3-2-7(13)6-9(8)20-11-5-4-10-14-15-12(18)17(10)16-11/h2-6H,13H2,1H3,(H,15,18). The number of hydrogen-bond acceptors (Lipinski definition) is 6. The monoisotopic (exact) mass is 273 g/mol. The molecule has 0 saturated carbocycles. The van der Waals surface area contributed by atoms with E-state index in [4.69, 9.17) is 15.2 Å². The predicted octanol–water partition coefficient (Wildman–Crippen LogP) is 0.801. The van der Waals surface area contributed by atoms with E-state index in [1.165, 1.54) is 7.11 Å². The molecule has 0 spiro atoms. The molecule has 3 rings (SSSR count). The number of nitrogen functional groups attached to an aromatic ring is 1. The second-order valence-corrected chi connectivity index (χ2v) is 3.98. The third-order valence-corrected chi connectivity index (χ3v) is 2.65. The van der Waals surface area contributed by atoms with Crippen molar-refractivity contribution in [1.82, 2.24) is 19.8 Å².